The number of carbonyl (C=O) groups is 1. The van der Waals surface area contributed by atoms with Crippen molar-refractivity contribution in [1.82, 2.24) is 14.9 Å². The van der Waals surface area contributed by atoms with Gasteiger partial charge in [-0.05, 0) is 43.2 Å². The van der Waals surface area contributed by atoms with E-state index in [1.54, 1.807) is 7.11 Å². The molecule has 2 aromatic carbocycles. The average molecular weight is 395 g/mol. The van der Waals surface area contributed by atoms with Crippen LogP contribution in [0.4, 0.5) is 5.69 Å². The maximum absolute atomic E-state index is 13.2. The number of nitrogens with one attached hydrogen (secondary N) is 2. The maximum atomic E-state index is 13.2. The molecule has 0 spiro atoms. The largest absolute Gasteiger partial charge is 0.497 e. The van der Waals surface area contributed by atoms with Gasteiger partial charge in [-0.1, -0.05) is 42.1 Å². The minimum atomic E-state index is -0.413. The molecule has 144 valence electrons. The number of fused-ring (bicyclic) bond motifs is 1. The lowest BCUT2D eigenvalue weighted by Crippen LogP contribution is -2.41. The molecule has 2 N–H and O–H groups in total. The Labute approximate surface area is 167 Å². The SMILES string of the molecule is COc1ccc(C2Nn3c(C)nnc3SC2C(=O)Nc2ccccc2C)cc1. The number of thioether (sulfide) groups is 1. The molecule has 0 fully saturated rings. The summed E-state index contributed by atoms with van der Waals surface area (Å²) in [5.41, 5.74) is 6.21. The number of aryl methyl sites for hydroxylation is 2. The molecule has 0 saturated carbocycles. The van der Waals surface area contributed by atoms with Gasteiger partial charge in [0.25, 0.3) is 0 Å². The van der Waals surface area contributed by atoms with Crippen LogP contribution in [0.2, 0.25) is 0 Å². The van der Waals surface area contributed by atoms with Crippen LogP contribution in [0.3, 0.4) is 0 Å². The number of amides is 1. The van der Waals surface area contributed by atoms with E-state index in [0.717, 1.165) is 28.4 Å². The molecule has 1 aliphatic rings. The summed E-state index contributed by atoms with van der Waals surface area (Å²) in [6, 6.07) is 15.2. The number of anilines is 1. The molecule has 0 bridgehead atoms. The molecule has 0 radical (unpaired) electrons. The van der Waals surface area contributed by atoms with Crippen molar-refractivity contribution in [2.45, 2.75) is 30.3 Å². The Morgan fingerprint density at radius 3 is 2.61 bits per heavy atom. The van der Waals surface area contributed by atoms with Gasteiger partial charge in [-0.25, -0.2) is 4.68 Å². The number of nitrogens with zero attached hydrogens (tertiary/aromatic N) is 3. The zero-order valence-electron chi connectivity index (χ0n) is 15.8. The molecule has 1 amide bonds. The molecule has 7 nitrogen and oxygen atoms in total. The van der Waals surface area contributed by atoms with E-state index in [1.165, 1.54) is 11.8 Å². The molecular formula is C20H21N5O2S. The highest BCUT2D eigenvalue weighted by atomic mass is 32.2. The third-order valence-electron chi connectivity index (χ3n) is 4.73. The van der Waals surface area contributed by atoms with Crippen molar-refractivity contribution in [3.05, 3.63) is 65.5 Å². The summed E-state index contributed by atoms with van der Waals surface area (Å²) < 4.78 is 7.09. The average Bonchev–Trinajstić information content (AvgIpc) is 3.09. The number of ether oxygens (including phenoxy) is 1. The van der Waals surface area contributed by atoms with Crippen molar-refractivity contribution in [2.75, 3.05) is 17.9 Å². The Balaban J connectivity index is 1.67. The van der Waals surface area contributed by atoms with Crippen LogP contribution in [0, 0.1) is 13.8 Å². The number of methoxy groups -OCH3 is 1. The lowest BCUT2D eigenvalue weighted by molar-refractivity contribution is -0.116. The first-order valence-electron chi connectivity index (χ1n) is 8.92. The summed E-state index contributed by atoms with van der Waals surface area (Å²) in [7, 11) is 1.63. The molecule has 0 aliphatic carbocycles. The number of hydrogen-bond acceptors (Lipinski definition) is 6. The van der Waals surface area contributed by atoms with Gasteiger partial charge in [-0.15, -0.1) is 10.2 Å². The zero-order valence-corrected chi connectivity index (χ0v) is 16.7. The van der Waals surface area contributed by atoms with Crippen LogP contribution in [0.1, 0.15) is 23.0 Å². The lowest BCUT2D eigenvalue weighted by atomic mass is 10.0. The molecule has 3 aromatic rings. The number of hydrogen-bond donors (Lipinski definition) is 2. The highest BCUT2D eigenvalue weighted by Crippen LogP contribution is 2.38. The Kier molecular flexibility index (Phi) is 4.95. The third-order valence-corrected chi connectivity index (χ3v) is 5.95. The van der Waals surface area contributed by atoms with Gasteiger partial charge in [-0.3, -0.25) is 4.79 Å². The normalized spacial score (nSPS) is 18.1. The van der Waals surface area contributed by atoms with E-state index in [0.29, 0.717) is 5.16 Å². The Hall–Kier alpha value is -3.00. The minimum Gasteiger partial charge on any atom is -0.497 e. The fourth-order valence-corrected chi connectivity index (χ4v) is 4.26. The van der Waals surface area contributed by atoms with Gasteiger partial charge in [0.1, 0.15) is 16.8 Å². The smallest absolute Gasteiger partial charge is 0.240 e. The summed E-state index contributed by atoms with van der Waals surface area (Å²) in [5, 5.41) is 11.6. The Morgan fingerprint density at radius 2 is 1.89 bits per heavy atom. The van der Waals surface area contributed by atoms with Gasteiger partial charge in [0.15, 0.2) is 0 Å². The highest BCUT2D eigenvalue weighted by Gasteiger charge is 2.37. The molecule has 1 aromatic heterocycles. The molecule has 28 heavy (non-hydrogen) atoms. The van der Waals surface area contributed by atoms with E-state index in [-0.39, 0.29) is 11.9 Å². The van der Waals surface area contributed by atoms with Gasteiger partial charge in [0.2, 0.25) is 11.1 Å². The van der Waals surface area contributed by atoms with Gasteiger partial charge in [0, 0.05) is 5.69 Å². The maximum Gasteiger partial charge on any atom is 0.240 e. The first-order chi connectivity index (χ1) is 13.6. The van der Waals surface area contributed by atoms with Crippen LogP contribution in [0.25, 0.3) is 0 Å². The predicted octanol–water partition coefficient (Wildman–Crippen LogP) is 3.30. The zero-order chi connectivity index (χ0) is 19.7. The van der Waals surface area contributed by atoms with E-state index >= 15 is 0 Å². The van der Waals surface area contributed by atoms with Gasteiger partial charge in [0.05, 0.1) is 13.2 Å². The van der Waals surface area contributed by atoms with Crippen LogP contribution in [0.15, 0.2) is 53.7 Å². The number of aromatic nitrogens is 3. The number of carbonyl (C=O) groups excluding carboxylic acids is 1. The monoisotopic (exact) mass is 395 g/mol. The van der Waals surface area contributed by atoms with Crippen LogP contribution in [-0.2, 0) is 4.79 Å². The molecular weight excluding hydrogens is 374 g/mol. The molecule has 2 heterocycles. The van der Waals surface area contributed by atoms with Crippen LogP contribution >= 0.6 is 11.8 Å². The van der Waals surface area contributed by atoms with Crippen molar-refractivity contribution < 1.29 is 9.53 Å². The van der Waals surface area contributed by atoms with Crippen molar-refractivity contribution >= 4 is 23.4 Å². The standard InChI is InChI=1S/C20H21N5O2S/c1-12-6-4-5-7-16(12)21-19(26)18-17(14-8-10-15(27-3)11-9-14)24-25-13(2)22-23-20(25)28-18/h4-11,17-18,24H,1-3H3,(H,21,26). The second-order valence-corrected chi connectivity index (χ2v) is 7.70. The quantitative estimate of drug-likeness (QED) is 0.706. The Morgan fingerprint density at radius 1 is 1.14 bits per heavy atom. The first-order valence-corrected chi connectivity index (χ1v) is 9.80. The van der Waals surface area contributed by atoms with Crippen molar-refractivity contribution in [1.29, 1.82) is 0 Å². The molecule has 1 aliphatic heterocycles. The fraction of sp³-hybridized carbons (Fsp3) is 0.250. The van der Waals surface area contributed by atoms with Crippen molar-refractivity contribution in [2.24, 2.45) is 0 Å². The first kappa shape index (κ1) is 18.4. The fourth-order valence-electron chi connectivity index (χ4n) is 3.14. The number of benzene rings is 2. The van der Waals surface area contributed by atoms with Crippen LogP contribution in [-0.4, -0.2) is 33.1 Å². The van der Waals surface area contributed by atoms with E-state index in [2.05, 4.69) is 20.9 Å². The molecule has 8 heteroatoms. The van der Waals surface area contributed by atoms with Gasteiger partial charge in [-0.2, -0.15) is 0 Å². The van der Waals surface area contributed by atoms with Crippen molar-refractivity contribution in [3.63, 3.8) is 0 Å². The van der Waals surface area contributed by atoms with E-state index in [4.69, 9.17) is 4.74 Å². The Bertz CT molecular complexity index is 1000. The van der Waals surface area contributed by atoms with Crippen molar-refractivity contribution in [3.8, 4) is 5.75 Å². The molecule has 4 rings (SSSR count). The molecule has 0 saturated heterocycles. The van der Waals surface area contributed by atoms with Crippen LogP contribution in [0.5, 0.6) is 5.75 Å². The summed E-state index contributed by atoms with van der Waals surface area (Å²) in [6.45, 7) is 3.85. The highest BCUT2D eigenvalue weighted by molar-refractivity contribution is 8.00. The van der Waals surface area contributed by atoms with Crippen LogP contribution < -0.4 is 15.5 Å². The van der Waals surface area contributed by atoms with E-state index in [9.17, 15) is 4.79 Å². The summed E-state index contributed by atoms with van der Waals surface area (Å²) in [4.78, 5) is 13.2. The van der Waals surface area contributed by atoms with E-state index in [1.807, 2.05) is 67.1 Å². The summed E-state index contributed by atoms with van der Waals surface area (Å²) >= 11 is 1.41. The second kappa shape index (κ2) is 7.55. The third kappa shape index (κ3) is 3.43. The summed E-state index contributed by atoms with van der Waals surface area (Å²) in [6.07, 6.45) is 0. The lowest BCUT2D eigenvalue weighted by Gasteiger charge is -2.33. The molecule has 2 atom stereocenters. The number of para-hydroxylation sites is 1. The second-order valence-electron chi connectivity index (χ2n) is 6.59. The predicted molar refractivity (Wildman–Crippen MR) is 109 cm³/mol. The minimum absolute atomic E-state index is 0.0838. The molecule has 2 unspecified atom stereocenters. The number of rotatable bonds is 4. The topological polar surface area (TPSA) is 81.1 Å². The summed E-state index contributed by atoms with van der Waals surface area (Å²) in [5.74, 6) is 1.44. The van der Waals surface area contributed by atoms with Gasteiger partial charge < -0.3 is 15.5 Å². The van der Waals surface area contributed by atoms with E-state index < -0.39 is 5.25 Å². The van der Waals surface area contributed by atoms with Gasteiger partial charge >= 0.3 is 0 Å².